The van der Waals surface area contributed by atoms with E-state index in [2.05, 4.69) is 5.32 Å². The smallest absolute Gasteiger partial charge is 0.410 e. The predicted molar refractivity (Wildman–Crippen MR) is 106 cm³/mol. The summed E-state index contributed by atoms with van der Waals surface area (Å²) in [5, 5.41) is 3.60. The molecule has 8 heteroatoms. The van der Waals surface area contributed by atoms with Crippen LogP contribution in [0.5, 0.6) is 5.75 Å². The van der Waals surface area contributed by atoms with E-state index in [9.17, 15) is 9.59 Å². The minimum Gasteiger partial charge on any atom is -0.410 e. The SMILES string of the molecule is O=C(Nc1ccc(Cl)c(Cl)c1)N1CCCN(C(=O)Oc2ccccc2)CC1. The van der Waals surface area contributed by atoms with Gasteiger partial charge in [-0.05, 0) is 36.8 Å². The summed E-state index contributed by atoms with van der Waals surface area (Å²) in [6.45, 7) is 1.89. The summed E-state index contributed by atoms with van der Waals surface area (Å²) in [5.41, 5.74) is 0.569. The first-order valence-corrected chi connectivity index (χ1v) is 9.31. The molecule has 1 fully saturated rings. The highest BCUT2D eigenvalue weighted by Gasteiger charge is 2.23. The van der Waals surface area contributed by atoms with Gasteiger partial charge in [0.2, 0.25) is 0 Å². The summed E-state index contributed by atoms with van der Waals surface area (Å²) in [7, 11) is 0. The lowest BCUT2D eigenvalue weighted by Gasteiger charge is -2.22. The molecule has 0 atom stereocenters. The van der Waals surface area contributed by atoms with E-state index in [1.165, 1.54) is 0 Å². The molecule has 3 rings (SSSR count). The first-order chi connectivity index (χ1) is 13.0. The Morgan fingerprint density at radius 1 is 0.889 bits per heavy atom. The van der Waals surface area contributed by atoms with Crippen LogP contribution in [0.4, 0.5) is 15.3 Å². The summed E-state index contributed by atoms with van der Waals surface area (Å²) in [5.74, 6) is 0.501. The van der Waals surface area contributed by atoms with Crippen molar-refractivity contribution in [2.24, 2.45) is 0 Å². The van der Waals surface area contributed by atoms with Crippen molar-refractivity contribution < 1.29 is 14.3 Å². The molecule has 0 saturated carbocycles. The van der Waals surface area contributed by atoms with E-state index in [0.717, 1.165) is 0 Å². The van der Waals surface area contributed by atoms with Gasteiger partial charge in [0.25, 0.3) is 0 Å². The number of urea groups is 1. The molecule has 3 amide bonds. The molecule has 0 aliphatic carbocycles. The summed E-state index contributed by atoms with van der Waals surface area (Å²) in [6.07, 6.45) is 0.256. The number of hydrogen-bond acceptors (Lipinski definition) is 3. The molecular weight excluding hydrogens is 389 g/mol. The van der Waals surface area contributed by atoms with Crippen LogP contribution in [0.25, 0.3) is 0 Å². The Morgan fingerprint density at radius 2 is 1.59 bits per heavy atom. The van der Waals surface area contributed by atoms with Crippen LogP contribution >= 0.6 is 23.2 Å². The number of amides is 3. The molecule has 142 valence electrons. The highest BCUT2D eigenvalue weighted by atomic mass is 35.5. The third kappa shape index (κ3) is 5.28. The fourth-order valence-electron chi connectivity index (χ4n) is 2.73. The van der Waals surface area contributed by atoms with Gasteiger partial charge in [0, 0.05) is 31.9 Å². The molecule has 27 heavy (non-hydrogen) atoms. The van der Waals surface area contributed by atoms with Gasteiger partial charge in [-0.3, -0.25) is 0 Å². The zero-order chi connectivity index (χ0) is 19.2. The van der Waals surface area contributed by atoms with Crippen LogP contribution in [0.15, 0.2) is 48.5 Å². The predicted octanol–water partition coefficient (Wildman–Crippen LogP) is 4.73. The summed E-state index contributed by atoms with van der Waals surface area (Å²) in [4.78, 5) is 28.1. The standard InChI is InChI=1S/C19H19Cl2N3O3/c20-16-8-7-14(13-17(16)21)22-18(25)23-9-4-10-24(12-11-23)19(26)27-15-5-2-1-3-6-15/h1-3,5-8,13H,4,9-12H2,(H,22,25). The molecule has 0 spiro atoms. The average Bonchev–Trinajstić information content (AvgIpc) is 2.92. The third-order valence-corrected chi connectivity index (χ3v) is 4.90. The van der Waals surface area contributed by atoms with Crippen molar-refractivity contribution in [3.8, 4) is 5.75 Å². The van der Waals surface area contributed by atoms with E-state index < -0.39 is 6.09 Å². The van der Waals surface area contributed by atoms with E-state index >= 15 is 0 Å². The Balaban J connectivity index is 1.55. The molecule has 1 heterocycles. The monoisotopic (exact) mass is 407 g/mol. The van der Waals surface area contributed by atoms with Crippen molar-refractivity contribution in [3.63, 3.8) is 0 Å². The molecule has 1 saturated heterocycles. The second-order valence-corrected chi connectivity index (χ2v) is 6.88. The number of carbonyl (C=O) groups is 2. The number of ether oxygens (including phenoxy) is 1. The van der Waals surface area contributed by atoms with Crippen molar-refractivity contribution in [2.45, 2.75) is 6.42 Å². The van der Waals surface area contributed by atoms with Crippen molar-refractivity contribution >= 4 is 41.0 Å². The average molecular weight is 408 g/mol. The van der Waals surface area contributed by atoms with Gasteiger partial charge in [0.1, 0.15) is 5.75 Å². The van der Waals surface area contributed by atoms with Gasteiger partial charge < -0.3 is 19.9 Å². The maximum Gasteiger partial charge on any atom is 0.415 e. The highest BCUT2D eigenvalue weighted by Crippen LogP contribution is 2.25. The van der Waals surface area contributed by atoms with Crippen LogP contribution in [0, 0.1) is 0 Å². The molecule has 0 aromatic heterocycles. The van der Waals surface area contributed by atoms with E-state index in [1.54, 1.807) is 52.3 Å². The molecule has 1 aliphatic heterocycles. The van der Waals surface area contributed by atoms with Gasteiger partial charge in [-0.25, -0.2) is 9.59 Å². The summed E-state index contributed by atoms with van der Waals surface area (Å²) >= 11 is 11.9. The lowest BCUT2D eigenvalue weighted by atomic mass is 10.3. The zero-order valence-electron chi connectivity index (χ0n) is 14.5. The topological polar surface area (TPSA) is 61.9 Å². The number of rotatable bonds is 2. The van der Waals surface area contributed by atoms with Crippen molar-refractivity contribution in [3.05, 3.63) is 58.6 Å². The second-order valence-electron chi connectivity index (χ2n) is 6.07. The Hall–Kier alpha value is -2.44. The number of nitrogens with zero attached hydrogens (tertiary/aromatic N) is 2. The van der Waals surface area contributed by atoms with E-state index in [-0.39, 0.29) is 6.03 Å². The number of para-hydroxylation sites is 1. The van der Waals surface area contributed by atoms with E-state index in [0.29, 0.717) is 54.1 Å². The minimum absolute atomic E-state index is 0.244. The second kappa shape index (κ2) is 8.97. The van der Waals surface area contributed by atoms with Crippen LogP contribution < -0.4 is 10.1 Å². The van der Waals surface area contributed by atoms with E-state index in [1.807, 2.05) is 6.07 Å². The Morgan fingerprint density at radius 3 is 2.33 bits per heavy atom. The number of carbonyl (C=O) groups excluding carboxylic acids is 2. The van der Waals surface area contributed by atoms with Crippen LogP contribution in [0.1, 0.15) is 6.42 Å². The van der Waals surface area contributed by atoms with Crippen molar-refractivity contribution in [1.29, 1.82) is 0 Å². The quantitative estimate of drug-likeness (QED) is 0.782. The number of benzene rings is 2. The zero-order valence-corrected chi connectivity index (χ0v) is 16.0. The van der Waals surface area contributed by atoms with Gasteiger partial charge >= 0.3 is 12.1 Å². The fraction of sp³-hybridized carbons (Fsp3) is 0.263. The fourth-order valence-corrected chi connectivity index (χ4v) is 3.03. The maximum absolute atomic E-state index is 12.5. The van der Waals surface area contributed by atoms with Crippen molar-refractivity contribution in [1.82, 2.24) is 9.80 Å². The molecule has 6 nitrogen and oxygen atoms in total. The molecular formula is C19H19Cl2N3O3. The molecule has 2 aromatic rings. The molecule has 1 N–H and O–H groups in total. The van der Waals surface area contributed by atoms with Crippen LogP contribution in [-0.4, -0.2) is 48.1 Å². The number of nitrogens with one attached hydrogen (secondary N) is 1. The molecule has 0 radical (unpaired) electrons. The van der Waals surface area contributed by atoms with Crippen LogP contribution in [0.2, 0.25) is 10.0 Å². The lowest BCUT2D eigenvalue weighted by molar-refractivity contribution is 0.153. The molecule has 0 bridgehead atoms. The van der Waals surface area contributed by atoms with Gasteiger partial charge in [0.15, 0.2) is 0 Å². The largest absolute Gasteiger partial charge is 0.415 e. The number of anilines is 1. The van der Waals surface area contributed by atoms with Crippen LogP contribution in [-0.2, 0) is 0 Å². The van der Waals surface area contributed by atoms with Gasteiger partial charge in [-0.15, -0.1) is 0 Å². The van der Waals surface area contributed by atoms with E-state index in [4.69, 9.17) is 27.9 Å². The maximum atomic E-state index is 12.5. The molecule has 1 aliphatic rings. The number of hydrogen-bond donors (Lipinski definition) is 1. The Bertz CT molecular complexity index is 817. The third-order valence-electron chi connectivity index (χ3n) is 4.16. The highest BCUT2D eigenvalue weighted by molar-refractivity contribution is 6.42. The first kappa shape index (κ1) is 19.3. The van der Waals surface area contributed by atoms with Gasteiger partial charge in [-0.1, -0.05) is 41.4 Å². The minimum atomic E-state index is -0.409. The van der Waals surface area contributed by atoms with Crippen LogP contribution in [0.3, 0.4) is 0 Å². The number of halogens is 2. The molecule has 2 aromatic carbocycles. The molecule has 0 unspecified atom stereocenters. The summed E-state index contributed by atoms with van der Waals surface area (Å²) < 4.78 is 5.37. The first-order valence-electron chi connectivity index (χ1n) is 8.56. The normalized spacial score (nSPS) is 14.4. The Kier molecular flexibility index (Phi) is 6.42. The van der Waals surface area contributed by atoms with Crippen molar-refractivity contribution in [2.75, 3.05) is 31.5 Å². The van der Waals surface area contributed by atoms with Gasteiger partial charge in [-0.2, -0.15) is 0 Å². The lowest BCUT2D eigenvalue weighted by Crippen LogP contribution is -2.40. The summed E-state index contributed by atoms with van der Waals surface area (Å²) in [6, 6.07) is 13.6. The van der Waals surface area contributed by atoms with Gasteiger partial charge in [0.05, 0.1) is 10.0 Å². The Labute approximate surface area is 167 Å².